The Labute approximate surface area is 170 Å². The number of nitrogens with zero attached hydrogens (tertiary/aromatic N) is 1. The van der Waals surface area contributed by atoms with Crippen LogP contribution in [0.5, 0.6) is 5.75 Å². The zero-order valence-electron chi connectivity index (χ0n) is 14.8. The molecule has 0 saturated heterocycles. The fourth-order valence-electron chi connectivity index (χ4n) is 2.34. The lowest BCUT2D eigenvalue weighted by atomic mass is 10.1. The number of guanidine groups is 1. The van der Waals surface area contributed by atoms with Crippen molar-refractivity contribution in [3.05, 3.63) is 65.7 Å². The van der Waals surface area contributed by atoms with Crippen molar-refractivity contribution in [1.82, 2.24) is 10.6 Å². The Morgan fingerprint density at radius 3 is 2.50 bits per heavy atom. The van der Waals surface area contributed by atoms with Crippen molar-refractivity contribution in [1.29, 1.82) is 0 Å². The van der Waals surface area contributed by atoms with Crippen LogP contribution in [0.2, 0.25) is 0 Å². The fraction of sp³-hybridized carbons (Fsp3) is 0.316. The Bertz CT molecular complexity index is 683. The molecular weight excluding hydrogens is 451 g/mol. The molecule has 26 heavy (non-hydrogen) atoms. The molecule has 0 amide bonds. The van der Waals surface area contributed by atoms with Gasteiger partial charge in [0.1, 0.15) is 5.75 Å². The molecule has 0 heterocycles. The SMILES string of the molecule is CCNC(=NCc1cccc(OC(F)F)c1)NC(C)c1ccccc1.I. The smallest absolute Gasteiger partial charge is 0.387 e. The van der Waals surface area contributed by atoms with E-state index in [1.165, 1.54) is 6.07 Å². The number of alkyl halides is 2. The van der Waals surface area contributed by atoms with Gasteiger partial charge in [0.2, 0.25) is 0 Å². The van der Waals surface area contributed by atoms with Crippen LogP contribution in [0.4, 0.5) is 8.78 Å². The minimum Gasteiger partial charge on any atom is -0.435 e. The molecule has 1 atom stereocenters. The molecule has 0 fully saturated rings. The van der Waals surface area contributed by atoms with Gasteiger partial charge in [-0.25, -0.2) is 4.99 Å². The normalized spacial score (nSPS) is 12.3. The van der Waals surface area contributed by atoms with Gasteiger partial charge in [0, 0.05) is 6.54 Å². The Hall–Kier alpha value is -1.90. The maximum atomic E-state index is 12.3. The zero-order valence-corrected chi connectivity index (χ0v) is 17.1. The summed E-state index contributed by atoms with van der Waals surface area (Å²) in [7, 11) is 0. The average molecular weight is 475 g/mol. The maximum Gasteiger partial charge on any atom is 0.387 e. The second-order valence-electron chi connectivity index (χ2n) is 5.50. The van der Waals surface area contributed by atoms with Crippen molar-refractivity contribution < 1.29 is 13.5 Å². The van der Waals surface area contributed by atoms with Crippen LogP contribution in [0.15, 0.2) is 59.6 Å². The number of ether oxygens (including phenoxy) is 1. The third kappa shape index (κ3) is 7.55. The van der Waals surface area contributed by atoms with E-state index in [9.17, 15) is 8.78 Å². The molecule has 0 saturated carbocycles. The van der Waals surface area contributed by atoms with Gasteiger partial charge in [0.05, 0.1) is 12.6 Å². The summed E-state index contributed by atoms with van der Waals surface area (Å²) in [6.07, 6.45) is 0. The molecule has 0 aliphatic rings. The van der Waals surface area contributed by atoms with Crippen molar-refractivity contribution >= 4 is 29.9 Å². The van der Waals surface area contributed by atoms with Crippen molar-refractivity contribution in [2.24, 2.45) is 4.99 Å². The largest absolute Gasteiger partial charge is 0.435 e. The van der Waals surface area contributed by atoms with Gasteiger partial charge in [-0.2, -0.15) is 8.78 Å². The van der Waals surface area contributed by atoms with E-state index in [1.54, 1.807) is 12.1 Å². The molecular formula is C19H24F2IN3O. The minimum atomic E-state index is -2.83. The van der Waals surface area contributed by atoms with E-state index in [0.29, 0.717) is 12.5 Å². The Morgan fingerprint density at radius 2 is 1.85 bits per heavy atom. The molecule has 1 unspecified atom stereocenters. The maximum absolute atomic E-state index is 12.3. The van der Waals surface area contributed by atoms with Gasteiger partial charge in [-0.05, 0) is 37.1 Å². The molecule has 2 aromatic rings. The van der Waals surface area contributed by atoms with Gasteiger partial charge in [-0.3, -0.25) is 0 Å². The Balaban J connectivity index is 0.00000338. The lowest BCUT2D eigenvalue weighted by molar-refractivity contribution is -0.0498. The topological polar surface area (TPSA) is 45.7 Å². The average Bonchev–Trinajstić information content (AvgIpc) is 2.60. The highest BCUT2D eigenvalue weighted by molar-refractivity contribution is 14.0. The molecule has 0 aliphatic carbocycles. The summed E-state index contributed by atoms with van der Waals surface area (Å²) in [5, 5.41) is 6.53. The second kappa shape index (κ2) is 11.7. The Morgan fingerprint density at radius 1 is 1.12 bits per heavy atom. The first-order chi connectivity index (χ1) is 12.1. The number of nitrogens with one attached hydrogen (secondary N) is 2. The van der Waals surface area contributed by atoms with E-state index < -0.39 is 6.61 Å². The summed E-state index contributed by atoms with van der Waals surface area (Å²) in [5.74, 6) is 0.803. The van der Waals surface area contributed by atoms with Gasteiger partial charge in [-0.15, -0.1) is 24.0 Å². The van der Waals surface area contributed by atoms with Gasteiger partial charge in [0.25, 0.3) is 0 Å². The molecule has 0 aliphatic heterocycles. The third-order valence-electron chi connectivity index (χ3n) is 3.54. The van der Waals surface area contributed by atoms with E-state index in [4.69, 9.17) is 0 Å². The van der Waals surface area contributed by atoms with Gasteiger partial charge in [0.15, 0.2) is 5.96 Å². The van der Waals surface area contributed by atoms with Crippen molar-refractivity contribution in [2.75, 3.05) is 6.54 Å². The van der Waals surface area contributed by atoms with Crippen LogP contribution in [0, 0.1) is 0 Å². The van der Waals surface area contributed by atoms with Crippen LogP contribution in [-0.2, 0) is 6.54 Å². The van der Waals surface area contributed by atoms with Crippen molar-refractivity contribution in [3.8, 4) is 5.75 Å². The number of aliphatic imine (C=N–C) groups is 1. The first-order valence-electron chi connectivity index (χ1n) is 8.22. The predicted molar refractivity (Wildman–Crippen MR) is 111 cm³/mol. The molecule has 142 valence electrons. The van der Waals surface area contributed by atoms with Gasteiger partial charge < -0.3 is 15.4 Å². The number of rotatable bonds is 7. The van der Waals surface area contributed by atoms with Crippen LogP contribution in [-0.4, -0.2) is 19.1 Å². The predicted octanol–water partition coefficient (Wildman–Crippen LogP) is 4.72. The van der Waals surface area contributed by atoms with Crippen LogP contribution in [0.3, 0.4) is 0 Å². The van der Waals surface area contributed by atoms with Gasteiger partial charge >= 0.3 is 6.61 Å². The van der Waals surface area contributed by atoms with Crippen LogP contribution in [0.1, 0.15) is 31.0 Å². The molecule has 2 aromatic carbocycles. The highest BCUT2D eigenvalue weighted by atomic mass is 127. The highest BCUT2D eigenvalue weighted by Gasteiger charge is 2.08. The fourth-order valence-corrected chi connectivity index (χ4v) is 2.34. The minimum absolute atomic E-state index is 0. The first-order valence-corrected chi connectivity index (χ1v) is 8.22. The quantitative estimate of drug-likeness (QED) is 0.346. The molecule has 0 aromatic heterocycles. The van der Waals surface area contributed by atoms with Crippen LogP contribution < -0.4 is 15.4 Å². The first kappa shape index (κ1) is 22.1. The van der Waals surface area contributed by atoms with Crippen molar-refractivity contribution in [3.63, 3.8) is 0 Å². The molecule has 2 N–H and O–H groups in total. The molecule has 2 rings (SSSR count). The summed E-state index contributed by atoms with van der Waals surface area (Å²) >= 11 is 0. The van der Waals surface area contributed by atoms with Crippen molar-refractivity contribution in [2.45, 2.75) is 33.0 Å². The number of hydrogen-bond donors (Lipinski definition) is 2. The van der Waals surface area contributed by atoms with E-state index in [0.717, 1.165) is 17.7 Å². The monoisotopic (exact) mass is 475 g/mol. The van der Waals surface area contributed by atoms with Crippen LogP contribution >= 0.6 is 24.0 Å². The summed E-state index contributed by atoms with van der Waals surface area (Å²) in [6.45, 7) is 2.30. The molecule has 0 bridgehead atoms. The van der Waals surface area contributed by atoms with E-state index in [-0.39, 0.29) is 35.8 Å². The summed E-state index contributed by atoms with van der Waals surface area (Å²) in [6, 6.07) is 16.7. The molecule has 0 radical (unpaired) electrons. The standard InChI is InChI=1S/C19H23F2N3O.HI/c1-3-22-19(24-14(2)16-9-5-4-6-10-16)23-13-15-8-7-11-17(12-15)25-18(20)21;/h4-12,14,18H,3,13H2,1-2H3,(H2,22,23,24);1H. The molecule has 7 heteroatoms. The molecule has 4 nitrogen and oxygen atoms in total. The van der Waals surface area contributed by atoms with Gasteiger partial charge in [-0.1, -0.05) is 42.5 Å². The summed E-state index contributed by atoms with van der Waals surface area (Å²) in [4.78, 5) is 4.52. The number of halogens is 3. The number of hydrogen-bond acceptors (Lipinski definition) is 2. The zero-order chi connectivity index (χ0) is 18.1. The van der Waals surface area contributed by atoms with Crippen LogP contribution in [0.25, 0.3) is 0 Å². The number of benzene rings is 2. The summed E-state index contributed by atoms with van der Waals surface area (Å²) < 4.78 is 29.0. The molecule has 0 spiro atoms. The van der Waals surface area contributed by atoms with E-state index >= 15 is 0 Å². The van der Waals surface area contributed by atoms with E-state index in [1.807, 2.05) is 43.3 Å². The Kier molecular flexibility index (Phi) is 9.93. The second-order valence-corrected chi connectivity index (χ2v) is 5.50. The lowest BCUT2D eigenvalue weighted by Crippen LogP contribution is -2.38. The lowest BCUT2D eigenvalue weighted by Gasteiger charge is -2.18. The van der Waals surface area contributed by atoms with E-state index in [2.05, 4.69) is 27.3 Å². The summed E-state index contributed by atoms with van der Waals surface area (Å²) in [5.41, 5.74) is 1.95. The highest BCUT2D eigenvalue weighted by Crippen LogP contribution is 2.16. The third-order valence-corrected chi connectivity index (χ3v) is 3.54.